The smallest absolute Gasteiger partial charge is 0.128 e. The van der Waals surface area contributed by atoms with Crippen LogP contribution in [0.4, 0.5) is 0 Å². The molecule has 0 heterocycles. The zero-order chi connectivity index (χ0) is 13.8. The SMILES string of the molecule is COc1ccc(Oc2ccc(C(=N)N)c(Br)c2)cc1. The molecule has 0 aliphatic rings. The molecular weight excluding hydrogens is 308 g/mol. The maximum Gasteiger partial charge on any atom is 0.128 e. The molecule has 0 spiro atoms. The number of nitrogens with one attached hydrogen (secondary N) is 1. The molecule has 0 saturated heterocycles. The molecule has 4 nitrogen and oxygen atoms in total. The third-order valence-electron chi connectivity index (χ3n) is 2.53. The monoisotopic (exact) mass is 320 g/mol. The summed E-state index contributed by atoms with van der Waals surface area (Å²) in [6.45, 7) is 0. The van der Waals surface area contributed by atoms with Gasteiger partial charge in [-0.15, -0.1) is 0 Å². The number of nitrogen functional groups attached to an aromatic ring is 1. The van der Waals surface area contributed by atoms with E-state index in [0.29, 0.717) is 17.1 Å². The summed E-state index contributed by atoms with van der Waals surface area (Å²) in [5.74, 6) is 2.17. The lowest BCUT2D eigenvalue weighted by Gasteiger charge is -2.09. The Morgan fingerprint density at radius 1 is 1.05 bits per heavy atom. The van der Waals surface area contributed by atoms with Crippen LogP contribution in [0.3, 0.4) is 0 Å². The number of amidine groups is 1. The largest absolute Gasteiger partial charge is 0.497 e. The van der Waals surface area contributed by atoms with Crippen molar-refractivity contribution in [3.8, 4) is 17.2 Å². The van der Waals surface area contributed by atoms with Crippen LogP contribution < -0.4 is 15.2 Å². The summed E-state index contributed by atoms with van der Waals surface area (Å²) in [4.78, 5) is 0. The summed E-state index contributed by atoms with van der Waals surface area (Å²) in [7, 11) is 1.62. The van der Waals surface area contributed by atoms with Crippen LogP contribution in [-0.4, -0.2) is 12.9 Å². The average molecular weight is 321 g/mol. The standard InChI is InChI=1S/C14H13BrN2O2/c1-18-9-2-4-10(5-3-9)19-11-6-7-12(14(16)17)13(15)8-11/h2-8H,1H3,(H3,16,17). The molecule has 2 rings (SSSR count). The van der Waals surface area contributed by atoms with E-state index in [1.54, 1.807) is 25.3 Å². The molecule has 2 aromatic rings. The predicted octanol–water partition coefficient (Wildman–Crippen LogP) is 3.53. The van der Waals surface area contributed by atoms with Gasteiger partial charge >= 0.3 is 0 Å². The van der Waals surface area contributed by atoms with E-state index in [1.807, 2.05) is 24.3 Å². The van der Waals surface area contributed by atoms with Crippen molar-refractivity contribution in [2.24, 2.45) is 5.73 Å². The first-order valence-corrected chi connectivity index (χ1v) is 6.35. The van der Waals surface area contributed by atoms with Gasteiger partial charge < -0.3 is 15.2 Å². The first kappa shape index (κ1) is 13.4. The van der Waals surface area contributed by atoms with Crippen molar-refractivity contribution in [1.82, 2.24) is 0 Å². The molecule has 0 unspecified atom stereocenters. The first-order valence-electron chi connectivity index (χ1n) is 5.56. The summed E-state index contributed by atoms with van der Waals surface area (Å²) in [6.07, 6.45) is 0. The molecule has 0 bridgehead atoms. The van der Waals surface area contributed by atoms with E-state index >= 15 is 0 Å². The first-order chi connectivity index (χ1) is 9.10. The van der Waals surface area contributed by atoms with Gasteiger partial charge in [0.1, 0.15) is 23.1 Å². The van der Waals surface area contributed by atoms with Gasteiger partial charge in [0.05, 0.1) is 7.11 Å². The second-order valence-electron chi connectivity index (χ2n) is 3.83. The Bertz CT molecular complexity index is 597. The molecule has 0 saturated carbocycles. The minimum Gasteiger partial charge on any atom is -0.497 e. The lowest BCUT2D eigenvalue weighted by Crippen LogP contribution is -2.11. The van der Waals surface area contributed by atoms with Crippen molar-refractivity contribution in [3.05, 3.63) is 52.5 Å². The Kier molecular flexibility index (Phi) is 4.06. The van der Waals surface area contributed by atoms with Crippen molar-refractivity contribution >= 4 is 21.8 Å². The second-order valence-corrected chi connectivity index (χ2v) is 4.69. The second kappa shape index (κ2) is 5.75. The highest BCUT2D eigenvalue weighted by Crippen LogP contribution is 2.28. The maximum absolute atomic E-state index is 7.41. The van der Waals surface area contributed by atoms with Crippen LogP contribution >= 0.6 is 15.9 Å². The summed E-state index contributed by atoms with van der Waals surface area (Å²) < 4.78 is 11.5. The molecule has 0 radical (unpaired) electrons. The number of benzene rings is 2. The van der Waals surface area contributed by atoms with Gasteiger partial charge in [0.2, 0.25) is 0 Å². The summed E-state index contributed by atoms with van der Waals surface area (Å²) >= 11 is 3.36. The third kappa shape index (κ3) is 3.26. The van der Waals surface area contributed by atoms with Crippen LogP contribution in [0.25, 0.3) is 0 Å². The van der Waals surface area contributed by atoms with Crippen LogP contribution in [0, 0.1) is 5.41 Å². The lowest BCUT2D eigenvalue weighted by atomic mass is 10.2. The number of hydrogen-bond donors (Lipinski definition) is 2. The van der Waals surface area contributed by atoms with Crippen LogP contribution in [0.5, 0.6) is 17.2 Å². The van der Waals surface area contributed by atoms with Crippen LogP contribution in [0.1, 0.15) is 5.56 Å². The number of hydrogen-bond acceptors (Lipinski definition) is 3. The fourth-order valence-corrected chi connectivity index (χ4v) is 2.13. The number of nitrogens with two attached hydrogens (primary N) is 1. The van der Waals surface area contributed by atoms with Gasteiger partial charge in [-0.1, -0.05) is 0 Å². The summed E-state index contributed by atoms with van der Waals surface area (Å²) in [6, 6.07) is 12.6. The van der Waals surface area contributed by atoms with Gasteiger partial charge in [-0.25, -0.2) is 0 Å². The Morgan fingerprint density at radius 3 is 2.16 bits per heavy atom. The molecule has 0 amide bonds. The molecule has 3 N–H and O–H groups in total. The fourth-order valence-electron chi connectivity index (χ4n) is 1.56. The average Bonchev–Trinajstić information content (AvgIpc) is 2.39. The Balaban J connectivity index is 2.18. The van der Waals surface area contributed by atoms with Gasteiger partial charge in [0.25, 0.3) is 0 Å². The van der Waals surface area contributed by atoms with Crippen LogP contribution in [0.2, 0.25) is 0 Å². The Labute approximate surface area is 119 Å². The molecule has 19 heavy (non-hydrogen) atoms. The fraction of sp³-hybridized carbons (Fsp3) is 0.0714. The number of rotatable bonds is 4. The van der Waals surface area contributed by atoms with Crippen molar-refractivity contribution in [2.45, 2.75) is 0 Å². The van der Waals surface area contributed by atoms with E-state index in [0.717, 1.165) is 10.2 Å². The molecule has 0 aliphatic carbocycles. The van der Waals surface area contributed by atoms with Gasteiger partial charge in [0, 0.05) is 10.0 Å². The molecule has 98 valence electrons. The van der Waals surface area contributed by atoms with Gasteiger partial charge in [0.15, 0.2) is 0 Å². The molecule has 0 fully saturated rings. The van der Waals surface area contributed by atoms with E-state index in [4.69, 9.17) is 20.6 Å². The molecular formula is C14H13BrN2O2. The lowest BCUT2D eigenvalue weighted by molar-refractivity contribution is 0.413. The normalized spacial score (nSPS) is 10.0. The minimum absolute atomic E-state index is 0.0165. The number of ether oxygens (including phenoxy) is 2. The topological polar surface area (TPSA) is 68.3 Å². The number of halogens is 1. The summed E-state index contributed by atoms with van der Waals surface area (Å²) in [5.41, 5.74) is 6.09. The zero-order valence-electron chi connectivity index (χ0n) is 10.3. The summed E-state index contributed by atoms with van der Waals surface area (Å²) in [5, 5.41) is 7.41. The highest BCUT2D eigenvalue weighted by atomic mass is 79.9. The van der Waals surface area contributed by atoms with Gasteiger partial charge in [-0.2, -0.15) is 0 Å². The van der Waals surface area contributed by atoms with Crippen molar-refractivity contribution in [1.29, 1.82) is 5.41 Å². The van der Waals surface area contributed by atoms with Gasteiger partial charge in [-0.3, -0.25) is 5.41 Å². The van der Waals surface area contributed by atoms with Crippen molar-refractivity contribution < 1.29 is 9.47 Å². The maximum atomic E-state index is 7.41. The quantitative estimate of drug-likeness (QED) is 0.668. The molecule has 0 aromatic heterocycles. The highest BCUT2D eigenvalue weighted by Gasteiger charge is 2.05. The van der Waals surface area contributed by atoms with Gasteiger partial charge in [-0.05, 0) is 58.4 Å². The van der Waals surface area contributed by atoms with E-state index in [9.17, 15) is 0 Å². The molecule has 0 aliphatic heterocycles. The third-order valence-corrected chi connectivity index (χ3v) is 3.18. The van der Waals surface area contributed by atoms with Crippen LogP contribution in [0.15, 0.2) is 46.9 Å². The molecule has 5 heteroatoms. The van der Waals surface area contributed by atoms with Crippen LogP contribution in [-0.2, 0) is 0 Å². The molecule has 0 atom stereocenters. The van der Waals surface area contributed by atoms with Crippen molar-refractivity contribution in [3.63, 3.8) is 0 Å². The van der Waals surface area contributed by atoms with E-state index in [2.05, 4.69) is 15.9 Å². The zero-order valence-corrected chi connectivity index (χ0v) is 11.9. The highest BCUT2D eigenvalue weighted by molar-refractivity contribution is 9.10. The van der Waals surface area contributed by atoms with E-state index < -0.39 is 0 Å². The number of methoxy groups -OCH3 is 1. The van der Waals surface area contributed by atoms with E-state index in [1.165, 1.54) is 0 Å². The Hall–Kier alpha value is -2.01. The minimum atomic E-state index is 0.0165. The predicted molar refractivity (Wildman–Crippen MR) is 78.2 cm³/mol. The van der Waals surface area contributed by atoms with E-state index in [-0.39, 0.29) is 5.84 Å². The van der Waals surface area contributed by atoms with Crippen molar-refractivity contribution in [2.75, 3.05) is 7.11 Å². The molecule has 2 aromatic carbocycles. The Morgan fingerprint density at radius 2 is 1.63 bits per heavy atom.